The van der Waals surface area contributed by atoms with E-state index in [0.717, 1.165) is 30.7 Å². The molecular formula is C27H31N3O3. The van der Waals surface area contributed by atoms with Gasteiger partial charge in [-0.15, -0.1) is 0 Å². The highest BCUT2D eigenvalue weighted by Crippen LogP contribution is 2.18. The normalized spacial score (nSPS) is 10.3. The van der Waals surface area contributed by atoms with Crippen molar-refractivity contribution in [3.63, 3.8) is 0 Å². The van der Waals surface area contributed by atoms with E-state index in [0.29, 0.717) is 24.4 Å². The molecule has 0 bridgehead atoms. The van der Waals surface area contributed by atoms with Crippen molar-refractivity contribution in [2.75, 3.05) is 30.3 Å². The lowest BCUT2D eigenvalue weighted by molar-refractivity contribution is -0.114. The van der Waals surface area contributed by atoms with Gasteiger partial charge >= 0.3 is 0 Å². The van der Waals surface area contributed by atoms with Crippen molar-refractivity contribution in [2.24, 2.45) is 0 Å². The molecule has 0 radical (unpaired) electrons. The van der Waals surface area contributed by atoms with Crippen LogP contribution in [0.1, 0.15) is 35.7 Å². The van der Waals surface area contributed by atoms with Gasteiger partial charge in [0.15, 0.2) is 0 Å². The number of hydrogen-bond acceptors (Lipinski definition) is 4. The van der Waals surface area contributed by atoms with Crippen LogP contribution in [-0.4, -0.2) is 31.5 Å². The van der Waals surface area contributed by atoms with Crippen LogP contribution >= 0.6 is 0 Å². The maximum atomic E-state index is 12.3. The van der Waals surface area contributed by atoms with Crippen LogP contribution in [0.15, 0.2) is 78.9 Å². The zero-order valence-corrected chi connectivity index (χ0v) is 19.0. The van der Waals surface area contributed by atoms with Gasteiger partial charge in [-0.3, -0.25) is 9.59 Å². The van der Waals surface area contributed by atoms with E-state index < -0.39 is 0 Å². The zero-order chi connectivity index (χ0) is 23.3. The van der Waals surface area contributed by atoms with E-state index in [1.54, 1.807) is 24.3 Å². The fourth-order valence-electron chi connectivity index (χ4n) is 3.20. The lowest BCUT2D eigenvalue weighted by Crippen LogP contribution is -2.24. The molecule has 6 nitrogen and oxygen atoms in total. The van der Waals surface area contributed by atoms with Crippen LogP contribution in [0.2, 0.25) is 0 Å². The molecule has 0 aliphatic carbocycles. The molecule has 172 valence electrons. The van der Waals surface area contributed by atoms with Crippen LogP contribution in [0.25, 0.3) is 0 Å². The quantitative estimate of drug-likeness (QED) is 0.347. The molecule has 33 heavy (non-hydrogen) atoms. The number of carbonyl (C=O) groups is 2. The number of amides is 2. The number of unbranched alkanes of at least 4 members (excludes halogenated alkanes) is 1. The molecule has 3 aromatic carbocycles. The Bertz CT molecular complexity index is 1020. The highest BCUT2D eigenvalue weighted by Gasteiger charge is 2.07. The Balaban J connectivity index is 1.42. The summed E-state index contributed by atoms with van der Waals surface area (Å²) in [6.07, 6.45) is 2.82. The van der Waals surface area contributed by atoms with Gasteiger partial charge in [0.1, 0.15) is 5.75 Å². The minimum Gasteiger partial charge on any atom is -0.493 e. The van der Waals surface area contributed by atoms with Gasteiger partial charge in [0.25, 0.3) is 5.91 Å². The van der Waals surface area contributed by atoms with Gasteiger partial charge in [0.05, 0.1) is 13.2 Å². The smallest absolute Gasteiger partial charge is 0.251 e. The van der Waals surface area contributed by atoms with Crippen molar-refractivity contribution in [3.05, 3.63) is 90.0 Å². The zero-order valence-electron chi connectivity index (χ0n) is 19.0. The van der Waals surface area contributed by atoms with Gasteiger partial charge in [0, 0.05) is 36.0 Å². The summed E-state index contributed by atoms with van der Waals surface area (Å²) in [5.74, 6) is 0.476. The molecule has 0 fully saturated rings. The summed E-state index contributed by atoms with van der Waals surface area (Å²) in [4.78, 5) is 24.4. The van der Waals surface area contributed by atoms with Crippen LogP contribution in [-0.2, 0) is 11.2 Å². The molecule has 0 aromatic heterocycles. The summed E-state index contributed by atoms with van der Waals surface area (Å²) < 4.78 is 5.84. The third-order valence-electron chi connectivity index (χ3n) is 5.04. The number of ether oxygens (including phenoxy) is 1. The molecule has 3 rings (SSSR count). The van der Waals surface area contributed by atoms with E-state index in [9.17, 15) is 9.59 Å². The highest BCUT2D eigenvalue weighted by atomic mass is 16.5. The second-order valence-corrected chi connectivity index (χ2v) is 7.70. The highest BCUT2D eigenvalue weighted by molar-refractivity contribution is 5.96. The Morgan fingerprint density at radius 3 is 2.42 bits per heavy atom. The Labute approximate surface area is 195 Å². The molecule has 3 aromatic rings. The topological polar surface area (TPSA) is 79.5 Å². The van der Waals surface area contributed by atoms with E-state index in [2.05, 4.69) is 35.0 Å². The van der Waals surface area contributed by atoms with Gasteiger partial charge < -0.3 is 20.7 Å². The van der Waals surface area contributed by atoms with Gasteiger partial charge in [-0.25, -0.2) is 0 Å². The van der Waals surface area contributed by atoms with Crippen LogP contribution in [0.4, 0.5) is 11.4 Å². The van der Waals surface area contributed by atoms with Crippen LogP contribution < -0.4 is 20.7 Å². The summed E-state index contributed by atoms with van der Waals surface area (Å²) in [5, 5.41) is 8.83. The Hall–Kier alpha value is -3.80. The van der Waals surface area contributed by atoms with Crippen molar-refractivity contribution < 1.29 is 14.3 Å². The first-order chi connectivity index (χ1) is 16.1. The van der Waals surface area contributed by atoms with E-state index in [1.807, 2.05) is 42.5 Å². The molecule has 0 aliphatic rings. The minimum absolute atomic E-state index is 0.103. The van der Waals surface area contributed by atoms with Crippen molar-refractivity contribution in [1.82, 2.24) is 5.32 Å². The SMILES string of the molecule is CCCCNC(=O)c1ccc(NC(=O)CNc2cccc(OCCc3ccccc3)c2)cc1. The van der Waals surface area contributed by atoms with Gasteiger partial charge in [-0.2, -0.15) is 0 Å². The molecule has 6 heteroatoms. The first-order valence-electron chi connectivity index (χ1n) is 11.3. The number of benzene rings is 3. The molecule has 0 unspecified atom stereocenters. The summed E-state index contributed by atoms with van der Waals surface area (Å²) in [7, 11) is 0. The molecule has 0 spiro atoms. The number of carbonyl (C=O) groups excluding carboxylic acids is 2. The van der Waals surface area contributed by atoms with E-state index in [1.165, 1.54) is 5.56 Å². The van der Waals surface area contributed by atoms with Crippen molar-refractivity contribution in [3.8, 4) is 5.75 Å². The van der Waals surface area contributed by atoms with E-state index >= 15 is 0 Å². The molecule has 0 atom stereocenters. The maximum absolute atomic E-state index is 12.3. The lowest BCUT2D eigenvalue weighted by atomic mass is 10.2. The summed E-state index contributed by atoms with van der Waals surface area (Å²) in [6, 6.07) is 24.6. The molecular weight excluding hydrogens is 414 g/mol. The standard InChI is InChI=1S/C27H31N3O3/c1-2-3-17-28-27(32)22-12-14-23(15-13-22)30-26(31)20-29-24-10-7-11-25(19-24)33-18-16-21-8-5-4-6-9-21/h4-15,19,29H,2-3,16-18,20H2,1H3,(H,28,32)(H,30,31). The first kappa shape index (κ1) is 23.9. The predicted molar refractivity (Wildman–Crippen MR) is 133 cm³/mol. The summed E-state index contributed by atoms with van der Waals surface area (Å²) in [5.41, 5.74) is 3.26. The minimum atomic E-state index is -0.175. The van der Waals surface area contributed by atoms with E-state index in [-0.39, 0.29) is 18.4 Å². The fraction of sp³-hybridized carbons (Fsp3) is 0.259. The average Bonchev–Trinajstić information content (AvgIpc) is 2.84. The predicted octanol–water partition coefficient (Wildman–Crippen LogP) is 4.89. The number of anilines is 2. The van der Waals surface area contributed by atoms with Gasteiger partial charge in [-0.05, 0) is 48.4 Å². The van der Waals surface area contributed by atoms with Crippen molar-refractivity contribution in [2.45, 2.75) is 26.2 Å². The monoisotopic (exact) mass is 445 g/mol. The Morgan fingerprint density at radius 2 is 1.67 bits per heavy atom. The Morgan fingerprint density at radius 1 is 0.879 bits per heavy atom. The van der Waals surface area contributed by atoms with Crippen LogP contribution in [0.5, 0.6) is 5.75 Å². The number of rotatable bonds is 12. The molecule has 0 saturated carbocycles. The first-order valence-corrected chi connectivity index (χ1v) is 11.3. The second-order valence-electron chi connectivity index (χ2n) is 7.70. The van der Waals surface area contributed by atoms with E-state index in [4.69, 9.17) is 4.74 Å². The number of hydrogen-bond donors (Lipinski definition) is 3. The van der Waals surface area contributed by atoms with Gasteiger partial charge in [-0.1, -0.05) is 49.7 Å². The summed E-state index contributed by atoms with van der Waals surface area (Å²) in [6.45, 7) is 3.45. The van der Waals surface area contributed by atoms with Crippen molar-refractivity contribution >= 4 is 23.2 Å². The number of nitrogens with one attached hydrogen (secondary N) is 3. The molecule has 3 N–H and O–H groups in total. The third kappa shape index (κ3) is 8.33. The maximum Gasteiger partial charge on any atom is 0.251 e. The van der Waals surface area contributed by atoms with Gasteiger partial charge in [0.2, 0.25) is 5.91 Å². The Kier molecular flexibility index (Phi) is 9.33. The average molecular weight is 446 g/mol. The largest absolute Gasteiger partial charge is 0.493 e. The van der Waals surface area contributed by atoms with Crippen LogP contribution in [0, 0.1) is 0 Å². The lowest BCUT2D eigenvalue weighted by Gasteiger charge is -2.11. The molecule has 0 saturated heterocycles. The summed E-state index contributed by atoms with van der Waals surface area (Å²) >= 11 is 0. The second kappa shape index (κ2) is 12.9. The molecule has 0 aliphatic heterocycles. The van der Waals surface area contributed by atoms with Crippen LogP contribution in [0.3, 0.4) is 0 Å². The molecule has 2 amide bonds. The molecule has 0 heterocycles. The van der Waals surface area contributed by atoms with Crippen molar-refractivity contribution in [1.29, 1.82) is 0 Å². The fourth-order valence-corrected chi connectivity index (χ4v) is 3.20. The third-order valence-corrected chi connectivity index (χ3v) is 5.04.